The van der Waals surface area contributed by atoms with Gasteiger partial charge in [-0.1, -0.05) is 25.6 Å². The third-order valence-electron chi connectivity index (χ3n) is 5.31. The summed E-state index contributed by atoms with van der Waals surface area (Å²) in [5.74, 6) is -1.37. The highest BCUT2D eigenvalue weighted by Crippen LogP contribution is 2.15. The molecule has 0 spiro atoms. The van der Waals surface area contributed by atoms with Crippen molar-refractivity contribution in [3.05, 3.63) is 42.1 Å². The van der Waals surface area contributed by atoms with Crippen LogP contribution in [-0.4, -0.2) is 61.5 Å². The minimum Gasteiger partial charge on any atom is -0.480 e. The maximum absolute atomic E-state index is 12.1. The first kappa shape index (κ1) is 25.8. The highest BCUT2D eigenvalue weighted by Gasteiger charge is 2.23. The van der Waals surface area contributed by atoms with E-state index in [0.29, 0.717) is 6.54 Å². The van der Waals surface area contributed by atoms with Crippen LogP contribution in [0.3, 0.4) is 0 Å². The van der Waals surface area contributed by atoms with E-state index in [0.717, 1.165) is 55.8 Å². The normalized spacial score (nSPS) is 15.8. The number of nitrogens with one attached hydrogen (secondary N) is 6. The van der Waals surface area contributed by atoms with E-state index in [1.807, 2.05) is 31.2 Å². The Labute approximate surface area is 190 Å². The first-order chi connectivity index (χ1) is 15.4. The van der Waals surface area contributed by atoms with Crippen molar-refractivity contribution in [2.75, 3.05) is 31.5 Å². The van der Waals surface area contributed by atoms with Crippen LogP contribution in [0.4, 0.5) is 5.69 Å². The molecule has 9 nitrogen and oxygen atoms in total. The summed E-state index contributed by atoms with van der Waals surface area (Å²) in [6.07, 6.45) is 3.42. The average molecular weight is 447 g/mol. The van der Waals surface area contributed by atoms with Crippen molar-refractivity contribution in [1.82, 2.24) is 26.6 Å². The zero-order valence-electron chi connectivity index (χ0n) is 19.2. The van der Waals surface area contributed by atoms with Crippen LogP contribution in [0, 0.1) is 0 Å². The molecular formula is C23H38N6O3. The van der Waals surface area contributed by atoms with Gasteiger partial charge in [0.2, 0.25) is 5.91 Å². The van der Waals surface area contributed by atoms with E-state index < -0.39 is 18.1 Å². The predicted octanol–water partition coefficient (Wildman–Crippen LogP) is 0.958. The predicted molar refractivity (Wildman–Crippen MR) is 127 cm³/mol. The van der Waals surface area contributed by atoms with Crippen LogP contribution in [0.2, 0.25) is 0 Å². The fourth-order valence-electron chi connectivity index (χ4n) is 3.48. The summed E-state index contributed by atoms with van der Waals surface area (Å²) in [5, 5.41) is 28.4. The van der Waals surface area contributed by atoms with Gasteiger partial charge in [-0.15, -0.1) is 0 Å². The molecule has 1 amide bonds. The van der Waals surface area contributed by atoms with Gasteiger partial charge in [-0.25, -0.2) is 4.79 Å². The minimum absolute atomic E-state index is 0.221. The minimum atomic E-state index is -1.05. The number of anilines is 1. The van der Waals surface area contributed by atoms with E-state index >= 15 is 0 Å². The monoisotopic (exact) mass is 446 g/mol. The van der Waals surface area contributed by atoms with Crippen molar-refractivity contribution in [2.24, 2.45) is 0 Å². The summed E-state index contributed by atoms with van der Waals surface area (Å²) in [7, 11) is 0. The van der Waals surface area contributed by atoms with E-state index in [2.05, 4.69) is 38.5 Å². The van der Waals surface area contributed by atoms with Gasteiger partial charge in [0, 0.05) is 30.9 Å². The molecule has 1 aliphatic rings. The van der Waals surface area contributed by atoms with Gasteiger partial charge in [0.25, 0.3) is 0 Å². The van der Waals surface area contributed by atoms with Crippen LogP contribution >= 0.6 is 0 Å². The molecule has 32 heavy (non-hydrogen) atoms. The Morgan fingerprint density at radius 2 is 1.88 bits per heavy atom. The van der Waals surface area contributed by atoms with Gasteiger partial charge in [-0.3, -0.25) is 20.7 Å². The first-order valence-corrected chi connectivity index (χ1v) is 11.4. The second-order valence-electron chi connectivity index (χ2n) is 8.06. The number of rotatable bonds is 15. The largest absolute Gasteiger partial charge is 0.480 e. The molecule has 2 unspecified atom stereocenters. The molecule has 2 atom stereocenters. The number of hydrogen-bond donors (Lipinski definition) is 7. The molecule has 1 aromatic carbocycles. The molecule has 1 aromatic rings. The number of carbonyl (C=O) groups excluding carboxylic acids is 1. The topological polar surface area (TPSA) is 127 Å². The molecule has 1 aliphatic heterocycles. The quantitative estimate of drug-likeness (QED) is 0.199. The smallest absolute Gasteiger partial charge is 0.326 e. The van der Waals surface area contributed by atoms with E-state index in [1.165, 1.54) is 0 Å². The van der Waals surface area contributed by atoms with Crippen LogP contribution in [0.5, 0.6) is 0 Å². The lowest BCUT2D eigenvalue weighted by atomic mass is 10.0. The third kappa shape index (κ3) is 9.35. The van der Waals surface area contributed by atoms with Crippen LogP contribution < -0.4 is 31.9 Å². The standard InChI is InChI=1S/C23H38N6O3/c1-4-24-17(3)21(30)29-20(22(31)32)15-18-8-10-19(11-9-18)28-16(2)7-5-6-12-25-23-26-13-14-27-23/h8-11,17,20,23-28H,2,4-7,12-15H2,1,3H3,(H,29,30)(H,31,32). The summed E-state index contributed by atoms with van der Waals surface area (Å²) < 4.78 is 0. The molecule has 0 aromatic heterocycles. The number of benzene rings is 1. The van der Waals surface area contributed by atoms with E-state index in [1.54, 1.807) is 6.92 Å². The zero-order chi connectivity index (χ0) is 23.3. The average Bonchev–Trinajstić information content (AvgIpc) is 3.28. The summed E-state index contributed by atoms with van der Waals surface area (Å²) in [6.45, 7) is 11.3. The molecule has 0 bridgehead atoms. The van der Waals surface area contributed by atoms with Gasteiger partial charge < -0.3 is 21.1 Å². The van der Waals surface area contributed by atoms with E-state index in [9.17, 15) is 14.7 Å². The maximum atomic E-state index is 12.1. The van der Waals surface area contributed by atoms with Crippen LogP contribution in [0.1, 0.15) is 38.7 Å². The Morgan fingerprint density at radius 3 is 2.50 bits per heavy atom. The fourth-order valence-corrected chi connectivity index (χ4v) is 3.48. The molecule has 9 heteroatoms. The van der Waals surface area contributed by atoms with E-state index in [4.69, 9.17) is 0 Å². The van der Waals surface area contributed by atoms with Crippen molar-refractivity contribution in [1.29, 1.82) is 0 Å². The highest BCUT2D eigenvalue weighted by molar-refractivity contribution is 5.86. The number of carboxylic acids is 1. The van der Waals surface area contributed by atoms with Crippen LogP contribution in [-0.2, 0) is 16.0 Å². The van der Waals surface area contributed by atoms with Gasteiger partial charge in [0.15, 0.2) is 0 Å². The van der Waals surface area contributed by atoms with E-state index in [-0.39, 0.29) is 18.6 Å². The maximum Gasteiger partial charge on any atom is 0.326 e. The number of aliphatic carboxylic acids is 1. The van der Waals surface area contributed by atoms with Gasteiger partial charge in [0.05, 0.1) is 6.04 Å². The first-order valence-electron chi connectivity index (χ1n) is 11.4. The second-order valence-corrected chi connectivity index (χ2v) is 8.06. The number of likely N-dealkylation sites (N-methyl/N-ethyl adjacent to an activating group) is 1. The molecule has 0 saturated carbocycles. The molecule has 1 saturated heterocycles. The summed E-state index contributed by atoms with van der Waals surface area (Å²) in [6, 6.07) is 6.14. The lowest BCUT2D eigenvalue weighted by Gasteiger charge is -2.18. The van der Waals surface area contributed by atoms with Gasteiger partial charge in [-0.2, -0.15) is 0 Å². The lowest BCUT2D eigenvalue weighted by Crippen LogP contribution is -2.49. The number of allylic oxidation sites excluding steroid dienone is 1. The lowest BCUT2D eigenvalue weighted by molar-refractivity contribution is -0.142. The molecule has 0 aliphatic carbocycles. The number of unbranched alkanes of at least 4 members (excludes halogenated alkanes) is 1. The van der Waals surface area contributed by atoms with Crippen molar-refractivity contribution in [2.45, 2.75) is 57.9 Å². The summed E-state index contributed by atoms with van der Waals surface area (Å²) in [4.78, 5) is 23.7. The Kier molecular flexibility index (Phi) is 11.2. The highest BCUT2D eigenvalue weighted by atomic mass is 16.4. The fraction of sp³-hybridized carbons (Fsp3) is 0.565. The Balaban J connectivity index is 1.72. The third-order valence-corrected chi connectivity index (χ3v) is 5.31. The second kappa shape index (κ2) is 13.8. The summed E-state index contributed by atoms with van der Waals surface area (Å²) >= 11 is 0. The van der Waals surface area contributed by atoms with Crippen LogP contribution in [0.15, 0.2) is 36.5 Å². The molecule has 178 valence electrons. The van der Waals surface area contributed by atoms with Crippen molar-refractivity contribution in [3.8, 4) is 0 Å². The molecule has 2 rings (SSSR count). The molecule has 1 heterocycles. The van der Waals surface area contributed by atoms with Crippen molar-refractivity contribution >= 4 is 17.6 Å². The summed E-state index contributed by atoms with van der Waals surface area (Å²) in [5.41, 5.74) is 2.70. The number of carboxylic acid groups (broad SMARTS) is 1. The Hall–Kier alpha value is -2.46. The molecule has 7 N–H and O–H groups in total. The molecule has 0 radical (unpaired) electrons. The van der Waals surface area contributed by atoms with Crippen LogP contribution in [0.25, 0.3) is 0 Å². The van der Waals surface area contributed by atoms with Gasteiger partial charge >= 0.3 is 5.97 Å². The van der Waals surface area contributed by atoms with Gasteiger partial charge in [-0.05, 0) is 57.0 Å². The number of hydrogen-bond acceptors (Lipinski definition) is 7. The number of amides is 1. The number of carbonyl (C=O) groups is 2. The Bertz CT molecular complexity index is 734. The van der Waals surface area contributed by atoms with Gasteiger partial charge in [0.1, 0.15) is 12.3 Å². The molecular weight excluding hydrogens is 408 g/mol. The van der Waals surface area contributed by atoms with Crippen molar-refractivity contribution in [3.63, 3.8) is 0 Å². The molecule has 1 fully saturated rings. The Morgan fingerprint density at radius 1 is 1.19 bits per heavy atom. The zero-order valence-corrected chi connectivity index (χ0v) is 19.2. The SMILES string of the molecule is C=C(CCCCNC1NCCN1)Nc1ccc(CC(NC(=O)C(C)NCC)C(=O)O)cc1. The van der Waals surface area contributed by atoms with Crippen molar-refractivity contribution < 1.29 is 14.7 Å².